The van der Waals surface area contributed by atoms with Gasteiger partial charge in [-0.2, -0.15) is 4.90 Å². The second kappa shape index (κ2) is 10.3. The lowest BCUT2D eigenvalue weighted by atomic mass is 9.69. The molecule has 4 rings (SSSR count). The summed E-state index contributed by atoms with van der Waals surface area (Å²) in [6.07, 6.45) is 3.15. The first-order valence-corrected chi connectivity index (χ1v) is 11.8. The van der Waals surface area contributed by atoms with Crippen LogP contribution in [0, 0.1) is 23.6 Å². The predicted molar refractivity (Wildman–Crippen MR) is 124 cm³/mol. The number of carbonyl (C=O) groups excluding carboxylic acids is 3. The summed E-state index contributed by atoms with van der Waals surface area (Å²) in [6, 6.07) is 4.28. The van der Waals surface area contributed by atoms with Crippen LogP contribution in [0.2, 0.25) is 0 Å². The normalized spacial score (nSPS) is 26.3. The van der Waals surface area contributed by atoms with Crippen molar-refractivity contribution in [2.75, 3.05) is 27.4 Å². The molecule has 1 N–H and O–H groups in total. The fraction of sp³-hybridized carbons (Fsp3) is 0.500. The number of hydrogen-bond donors (Lipinski definition) is 1. The molecule has 1 aromatic rings. The van der Waals surface area contributed by atoms with Gasteiger partial charge in [0.1, 0.15) is 0 Å². The van der Waals surface area contributed by atoms with Crippen molar-refractivity contribution in [2.24, 2.45) is 17.8 Å². The van der Waals surface area contributed by atoms with E-state index in [-0.39, 0.29) is 24.4 Å². The maximum atomic E-state index is 13.7. The summed E-state index contributed by atoms with van der Waals surface area (Å²) in [5.41, 5.74) is 3.69. The zero-order valence-electron chi connectivity index (χ0n) is 20.1. The summed E-state index contributed by atoms with van der Waals surface area (Å²) in [7, 11) is 2.72. The molecule has 0 aromatic heterocycles. The van der Waals surface area contributed by atoms with Crippen molar-refractivity contribution in [1.29, 1.82) is 0 Å². The van der Waals surface area contributed by atoms with E-state index >= 15 is 0 Å². The molecule has 4 atom stereocenters. The number of nitrogens with zero attached hydrogens (tertiary/aromatic N) is 1. The first kappa shape index (κ1) is 25.1. The van der Waals surface area contributed by atoms with Gasteiger partial charge < -0.3 is 19.3 Å². The van der Waals surface area contributed by atoms with Crippen LogP contribution in [0.1, 0.15) is 38.2 Å². The molecule has 1 aliphatic carbocycles. The van der Waals surface area contributed by atoms with E-state index in [0.29, 0.717) is 36.3 Å². The number of rotatable bonds is 7. The Bertz CT molecular complexity index is 1100. The van der Waals surface area contributed by atoms with E-state index in [4.69, 9.17) is 9.47 Å². The van der Waals surface area contributed by atoms with Crippen LogP contribution in [-0.2, 0) is 23.8 Å². The number of ether oxygens (including phenoxy) is 3. The van der Waals surface area contributed by atoms with Crippen LogP contribution in [-0.4, -0.2) is 61.5 Å². The van der Waals surface area contributed by atoms with E-state index in [1.807, 2.05) is 13.0 Å². The van der Waals surface area contributed by atoms with E-state index in [1.54, 1.807) is 13.2 Å². The van der Waals surface area contributed by atoms with E-state index in [0.717, 1.165) is 30.2 Å². The number of phenolic OH excluding ortho intramolecular Hbond substituents is 1. The molecule has 3 aliphatic rings. The molecule has 0 unspecified atom stereocenters. The second-order valence-electron chi connectivity index (χ2n) is 9.14. The Balaban J connectivity index is 1.56. The second-order valence-corrected chi connectivity index (χ2v) is 9.14. The number of imide groups is 3. The van der Waals surface area contributed by atoms with Crippen LogP contribution in [0.3, 0.4) is 0 Å². The molecular weight excluding hydrogens is 457 g/mol. The average Bonchev–Trinajstić information content (AvgIpc) is 3.37. The molecular formula is C26H30FNO7. The third-order valence-electron chi connectivity index (χ3n) is 7.21. The Morgan fingerprint density at radius 1 is 1.26 bits per heavy atom. The van der Waals surface area contributed by atoms with Crippen molar-refractivity contribution < 1.29 is 38.1 Å². The topological polar surface area (TPSA) is 102 Å². The highest BCUT2D eigenvalue weighted by molar-refractivity contribution is 6.16. The fourth-order valence-corrected chi connectivity index (χ4v) is 5.57. The number of carbonyl (C=O) groups is 3. The largest absolute Gasteiger partial charge is 0.505 e. The number of allylic oxidation sites excluding steroid dienone is 1. The van der Waals surface area contributed by atoms with Crippen LogP contribution in [0.5, 0.6) is 5.75 Å². The predicted octanol–water partition coefficient (Wildman–Crippen LogP) is 3.83. The summed E-state index contributed by atoms with van der Waals surface area (Å²) < 4.78 is 29.9. The fourth-order valence-electron chi connectivity index (χ4n) is 5.57. The lowest BCUT2D eigenvalue weighted by molar-refractivity contribution is -0.137. The van der Waals surface area contributed by atoms with Crippen molar-refractivity contribution >= 4 is 24.0 Å². The minimum Gasteiger partial charge on any atom is -0.505 e. The Morgan fingerprint density at radius 2 is 2.03 bits per heavy atom. The van der Waals surface area contributed by atoms with Crippen LogP contribution in [0.25, 0.3) is 6.08 Å². The number of hydrogen-bond acceptors (Lipinski definition) is 7. The van der Waals surface area contributed by atoms with Crippen LogP contribution in [0.15, 0.2) is 34.9 Å². The van der Waals surface area contributed by atoms with E-state index in [9.17, 15) is 23.9 Å². The van der Waals surface area contributed by atoms with Crippen molar-refractivity contribution in [3.05, 3.63) is 46.3 Å². The molecule has 8 nitrogen and oxygen atoms in total. The third-order valence-corrected chi connectivity index (χ3v) is 7.21. The number of halogens is 1. The maximum absolute atomic E-state index is 13.7. The van der Waals surface area contributed by atoms with Gasteiger partial charge >= 0.3 is 6.09 Å². The first-order valence-electron chi connectivity index (χ1n) is 11.8. The minimum atomic E-state index is -0.955. The quantitative estimate of drug-likeness (QED) is 0.461. The lowest BCUT2D eigenvalue weighted by Gasteiger charge is -2.31. The molecule has 0 radical (unpaired) electrons. The molecule has 2 heterocycles. The number of fused-ring (bicyclic) bond motifs is 3. The van der Waals surface area contributed by atoms with Crippen LogP contribution < -0.4 is 0 Å². The Hall–Kier alpha value is -3.04. The zero-order chi connectivity index (χ0) is 25.3. The highest BCUT2D eigenvalue weighted by atomic mass is 19.1. The highest BCUT2D eigenvalue weighted by Gasteiger charge is 2.58. The van der Waals surface area contributed by atoms with Gasteiger partial charge in [-0.15, -0.1) is 0 Å². The molecule has 0 saturated carbocycles. The van der Waals surface area contributed by atoms with Gasteiger partial charge in [0.2, 0.25) is 11.8 Å². The summed E-state index contributed by atoms with van der Waals surface area (Å²) >= 11 is 0. The molecule has 2 fully saturated rings. The molecule has 188 valence electrons. The summed E-state index contributed by atoms with van der Waals surface area (Å²) in [5.74, 6) is -3.68. The summed E-state index contributed by atoms with van der Waals surface area (Å²) in [6.45, 7) is 2.63. The SMILES string of the molecule is CC/C(=C\c1ccc(O)c(F)c1)CC[C@H]1OC[C@H]2C1=C(COC)C[C@H]1C(=O)N(C(=O)OC)C(=O)[C@H]12. The van der Waals surface area contributed by atoms with Crippen LogP contribution >= 0.6 is 0 Å². The van der Waals surface area contributed by atoms with Crippen molar-refractivity contribution in [1.82, 2.24) is 4.90 Å². The first-order chi connectivity index (χ1) is 16.8. The van der Waals surface area contributed by atoms with Gasteiger partial charge in [-0.25, -0.2) is 9.18 Å². The number of likely N-dealkylation sites (tertiary alicyclic amines) is 1. The van der Waals surface area contributed by atoms with Crippen LogP contribution in [0.4, 0.5) is 9.18 Å². The van der Waals surface area contributed by atoms with Gasteiger partial charge in [-0.05, 0) is 54.5 Å². The van der Waals surface area contributed by atoms with E-state index in [2.05, 4.69) is 4.74 Å². The lowest BCUT2D eigenvalue weighted by Crippen LogP contribution is -2.38. The number of benzene rings is 1. The maximum Gasteiger partial charge on any atom is 0.423 e. The molecule has 3 amide bonds. The monoisotopic (exact) mass is 487 g/mol. The van der Waals surface area contributed by atoms with Crippen molar-refractivity contribution in [3.63, 3.8) is 0 Å². The Morgan fingerprint density at radius 3 is 2.69 bits per heavy atom. The smallest absolute Gasteiger partial charge is 0.423 e. The molecule has 35 heavy (non-hydrogen) atoms. The van der Waals surface area contributed by atoms with E-state index < -0.39 is 35.6 Å². The van der Waals surface area contributed by atoms with Crippen molar-refractivity contribution in [2.45, 2.75) is 38.7 Å². The standard InChI is InChI=1S/C26H30FNO7/c1-4-14(9-15-5-7-20(29)19(27)10-15)6-8-21-22-16(12-33-2)11-17-23(18(22)13-35-21)25(31)28(24(17)30)26(32)34-3/h5,7,9-10,17-18,21,23,29H,4,6,8,11-13H2,1-3H3/b14-9+/t17-,18+,21-,23-/m1/s1. The zero-order valence-corrected chi connectivity index (χ0v) is 20.1. The van der Waals surface area contributed by atoms with E-state index in [1.165, 1.54) is 12.1 Å². The number of methoxy groups -OCH3 is 2. The van der Waals surface area contributed by atoms with Gasteiger partial charge in [-0.1, -0.05) is 24.6 Å². The Labute approximate surface area is 203 Å². The molecule has 2 saturated heterocycles. The summed E-state index contributed by atoms with van der Waals surface area (Å²) in [5, 5.41) is 9.42. The third kappa shape index (κ3) is 4.62. The number of aromatic hydroxyl groups is 1. The molecule has 1 aromatic carbocycles. The van der Waals surface area contributed by atoms with Gasteiger partial charge in [0.15, 0.2) is 11.6 Å². The Kier molecular flexibility index (Phi) is 7.37. The molecule has 2 aliphatic heterocycles. The van der Waals surface area contributed by atoms with Gasteiger partial charge in [0.05, 0.1) is 38.3 Å². The molecule has 9 heteroatoms. The molecule has 0 bridgehead atoms. The average molecular weight is 488 g/mol. The summed E-state index contributed by atoms with van der Waals surface area (Å²) in [4.78, 5) is 38.7. The van der Waals surface area contributed by atoms with Gasteiger partial charge in [0.25, 0.3) is 0 Å². The number of phenols is 1. The minimum absolute atomic E-state index is 0.243. The van der Waals surface area contributed by atoms with Gasteiger partial charge in [0, 0.05) is 13.0 Å². The van der Waals surface area contributed by atoms with Crippen molar-refractivity contribution in [3.8, 4) is 5.75 Å². The highest BCUT2D eigenvalue weighted by Crippen LogP contribution is 2.50. The molecule has 0 spiro atoms. The van der Waals surface area contributed by atoms with Gasteiger partial charge in [-0.3, -0.25) is 9.59 Å². The number of amides is 3.